The highest BCUT2D eigenvalue weighted by Gasteiger charge is 2.20. The summed E-state index contributed by atoms with van der Waals surface area (Å²) in [6.07, 6.45) is 2.57. The molecule has 0 aromatic carbocycles. The van der Waals surface area contributed by atoms with Crippen LogP contribution in [0.15, 0.2) is 23.1 Å². The van der Waals surface area contributed by atoms with Crippen LogP contribution < -0.4 is 5.56 Å². The highest BCUT2D eigenvalue weighted by atomic mass is 35.5. The summed E-state index contributed by atoms with van der Waals surface area (Å²) in [5, 5.41) is 0. The number of carbonyl (C=O) groups is 1. The fourth-order valence-electron chi connectivity index (χ4n) is 2.38. The Morgan fingerprint density at radius 2 is 2.10 bits per heavy atom. The van der Waals surface area contributed by atoms with Gasteiger partial charge in [0.25, 0.3) is 11.5 Å². The SMILES string of the molecule is Cn1ccc(C(=O)N2CCCN(CCCl)CC2)cc1=O. The van der Waals surface area contributed by atoms with Gasteiger partial charge in [-0.15, -0.1) is 11.6 Å². The number of rotatable bonds is 3. The largest absolute Gasteiger partial charge is 0.337 e. The summed E-state index contributed by atoms with van der Waals surface area (Å²) in [6, 6.07) is 3.11. The molecule has 0 bridgehead atoms. The number of aryl methyl sites for hydroxylation is 1. The average Bonchev–Trinajstić information content (AvgIpc) is 2.67. The van der Waals surface area contributed by atoms with Gasteiger partial charge in [0.15, 0.2) is 0 Å². The van der Waals surface area contributed by atoms with Crippen LogP contribution >= 0.6 is 11.6 Å². The summed E-state index contributed by atoms with van der Waals surface area (Å²) in [5.41, 5.74) is 0.313. The van der Waals surface area contributed by atoms with Gasteiger partial charge in [-0.2, -0.15) is 0 Å². The Morgan fingerprint density at radius 1 is 1.30 bits per heavy atom. The summed E-state index contributed by atoms with van der Waals surface area (Å²) in [4.78, 5) is 28.1. The molecule has 1 aromatic heterocycles. The van der Waals surface area contributed by atoms with Gasteiger partial charge in [0, 0.05) is 56.9 Å². The maximum atomic E-state index is 12.4. The van der Waals surface area contributed by atoms with Crippen molar-refractivity contribution >= 4 is 17.5 Å². The lowest BCUT2D eigenvalue weighted by Gasteiger charge is -2.21. The van der Waals surface area contributed by atoms with Crippen molar-refractivity contribution in [1.82, 2.24) is 14.4 Å². The Morgan fingerprint density at radius 3 is 2.80 bits per heavy atom. The van der Waals surface area contributed by atoms with Gasteiger partial charge < -0.3 is 14.4 Å². The second-order valence-electron chi connectivity index (χ2n) is 5.04. The molecule has 1 aromatic rings. The fraction of sp³-hybridized carbons (Fsp3) is 0.571. The molecule has 1 amide bonds. The van der Waals surface area contributed by atoms with Gasteiger partial charge in [-0.3, -0.25) is 9.59 Å². The van der Waals surface area contributed by atoms with E-state index < -0.39 is 0 Å². The molecule has 0 N–H and O–H groups in total. The van der Waals surface area contributed by atoms with Crippen molar-refractivity contribution in [2.75, 3.05) is 38.6 Å². The second kappa shape index (κ2) is 6.90. The summed E-state index contributed by atoms with van der Waals surface area (Å²) in [5.74, 6) is 0.554. The molecule has 0 saturated carbocycles. The molecule has 5 nitrogen and oxygen atoms in total. The van der Waals surface area contributed by atoms with Crippen LogP contribution in [0, 0.1) is 0 Å². The number of amides is 1. The van der Waals surface area contributed by atoms with Crippen molar-refractivity contribution in [3.05, 3.63) is 34.2 Å². The van der Waals surface area contributed by atoms with Crippen LogP contribution in [0.25, 0.3) is 0 Å². The lowest BCUT2D eigenvalue weighted by atomic mass is 10.2. The van der Waals surface area contributed by atoms with Gasteiger partial charge in [0.1, 0.15) is 0 Å². The van der Waals surface area contributed by atoms with Gasteiger partial charge in [0.05, 0.1) is 0 Å². The summed E-state index contributed by atoms with van der Waals surface area (Å²) in [6.45, 7) is 4.07. The zero-order chi connectivity index (χ0) is 14.5. The number of carbonyl (C=O) groups excluding carboxylic acids is 1. The van der Waals surface area contributed by atoms with Gasteiger partial charge >= 0.3 is 0 Å². The van der Waals surface area contributed by atoms with Crippen LogP contribution in [-0.2, 0) is 7.05 Å². The second-order valence-corrected chi connectivity index (χ2v) is 5.42. The van der Waals surface area contributed by atoms with Crippen LogP contribution in [-0.4, -0.2) is 58.9 Å². The van der Waals surface area contributed by atoms with Gasteiger partial charge in [0.2, 0.25) is 0 Å². The van der Waals surface area contributed by atoms with E-state index in [0.717, 1.165) is 32.6 Å². The minimum absolute atomic E-state index is 0.0598. The molecule has 0 radical (unpaired) electrons. The molecule has 6 heteroatoms. The van der Waals surface area contributed by atoms with E-state index in [1.165, 1.54) is 10.6 Å². The normalized spacial score (nSPS) is 17.0. The number of aromatic nitrogens is 1. The van der Waals surface area contributed by atoms with Crippen LogP contribution in [0.4, 0.5) is 0 Å². The highest BCUT2D eigenvalue weighted by molar-refractivity contribution is 6.18. The van der Waals surface area contributed by atoms with Gasteiger partial charge in [-0.25, -0.2) is 0 Å². The Labute approximate surface area is 123 Å². The third-order valence-electron chi connectivity index (χ3n) is 3.63. The van der Waals surface area contributed by atoms with Crippen molar-refractivity contribution < 1.29 is 4.79 Å². The zero-order valence-corrected chi connectivity index (χ0v) is 12.5. The molecule has 2 rings (SSSR count). The van der Waals surface area contributed by atoms with Gasteiger partial charge in [-0.05, 0) is 19.0 Å². The molecule has 1 aliphatic rings. The molecule has 20 heavy (non-hydrogen) atoms. The molecule has 0 spiro atoms. The van der Waals surface area contributed by atoms with Crippen molar-refractivity contribution in [3.63, 3.8) is 0 Å². The lowest BCUT2D eigenvalue weighted by Crippen LogP contribution is -2.36. The van der Waals surface area contributed by atoms with E-state index in [-0.39, 0.29) is 11.5 Å². The number of nitrogens with zero attached hydrogens (tertiary/aromatic N) is 3. The van der Waals surface area contributed by atoms with Crippen LogP contribution in [0.5, 0.6) is 0 Å². The van der Waals surface area contributed by atoms with E-state index >= 15 is 0 Å². The number of pyridine rings is 1. The maximum Gasteiger partial charge on any atom is 0.254 e. The Hall–Kier alpha value is -1.33. The Kier molecular flexibility index (Phi) is 5.20. The molecule has 1 fully saturated rings. The lowest BCUT2D eigenvalue weighted by molar-refractivity contribution is 0.0761. The molecule has 1 aliphatic heterocycles. The topological polar surface area (TPSA) is 45.6 Å². The molecule has 110 valence electrons. The number of alkyl halides is 1. The van der Waals surface area contributed by atoms with E-state index in [0.29, 0.717) is 18.0 Å². The maximum absolute atomic E-state index is 12.4. The summed E-state index contributed by atoms with van der Waals surface area (Å²) < 4.78 is 1.46. The van der Waals surface area contributed by atoms with E-state index in [2.05, 4.69) is 4.90 Å². The Balaban J connectivity index is 2.05. The van der Waals surface area contributed by atoms with Crippen molar-refractivity contribution in [2.45, 2.75) is 6.42 Å². The minimum Gasteiger partial charge on any atom is -0.337 e. The third-order valence-corrected chi connectivity index (χ3v) is 3.80. The van der Waals surface area contributed by atoms with Crippen LogP contribution in [0.2, 0.25) is 0 Å². The molecule has 2 heterocycles. The number of hydrogen-bond acceptors (Lipinski definition) is 3. The zero-order valence-electron chi connectivity index (χ0n) is 11.7. The van der Waals surface area contributed by atoms with Gasteiger partial charge in [-0.1, -0.05) is 0 Å². The first kappa shape index (κ1) is 15.1. The minimum atomic E-state index is -0.158. The van der Waals surface area contributed by atoms with Crippen molar-refractivity contribution in [2.24, 2.45) is 7.05 Å². The highest BCUT2D eigenvalue weighted by Crippen LogP contribution is 2.08. The van der Waals surface area contributed by atoms with E-state index in [1.807, 2.05) is 4.90 Å². The molecule has 0 aliphatic carbocycles. The fourth-order valence-corrected chi connectivity index (χ4v) is 2.62. The van der Waals surface area contributed by atoms with Crippen molar-refractivity contribution in [3.8, 4) is 0 Å². The average molecular weight is 298 g/mol. The van der Waals surface area contributed by atoms with E-state index in [4.69, 9.17) is 11.6 Å². The first-order valence-corrected chi connectivity index (χ1v) is 7.39. The molecule has 0 unspecified atom stereocenters. The first-order chi connectivity index (χ1) is 9.61. The monoisotopic (exact) mass is 297 g/mol. The first-order valence-electron chi connectivity index (χ1n) is 6.86. The molecular weight excluding hydrogens is 278 g/mol. The molecular formula is C14H20ClN3O2. The number of hydrogen-bond donors (Lipinski definition) is 0. The third kappa shape index (κ3) is 3.61. The smallest absolute Gasteiger partial charge is 0.254 e. The Bertz CT molecular complexity index is 529. The van der Waals surface area contributed by atoms with E-state index in [1.54, 1.807) is 19.3 Å². The predicted molar refractivity (Wildman–Crippen MR) is 79.4 cm³/mol. The van der Waals surface area contributed by atoms with Crippen LogP contribution in [0.3, 0.4) is 0 Å². The molecule has 0 atom stereocenters. The predicted octanol–water partition coefficient (Wildman–Crippen LogP) is 0.772. The van der Waals surface area contributed by atoms with Crippen molar-refractivity contribution in [1.29, 1.82) is 0 Å². The van der Waals surface area contributed by atoms with E-state index in [9.17, 15) is 9.59 Å². The number of halogens is 1. The standard InChI is InChI=1S/C14H20ClN3O2/c1-16-7-3-12(11-13(16)19)14(20)18-6-2-5-17(8-4-15)9-10-18/h3,7,11H,2,4-6,8-10H2,1H3. The summed E-state index contributed by atoms with van der Waals surface area (Å²) >= 11 is 5.76. The molecule has 1 saturated heterocycles. The van der Waals surface area contributed by atoms with Crippen LogP contribution in [0.1, 0.15) is 16.8 Å². The summed E-state index contributed by atoms with van der Waals surface area (Å²) in [7, 11) is 1.67. The quantitative estimate of drug-likeness (QED) is 0.774.